The highest BCUT2D eigenvalue weighted by Gasteiger charge is 2.40. The summed E-state index contributed by atoms with van der Waals surface area (Å²) in [5, 5.41) is 1.06. The van der Waals surface area contributed by atoms with E-state index in [0.29, 0.717) is 17.7 Å². The Morgan fingerprint density at radius 3 is 2.06 bits per heavy atom. The smallest absolute Gasteiger partial charge is 0.429 e. The van der Waals surface area contributed by atoms with Gasteiger partial charge in [0.1, 0.15) is 17.0 Å². The molecule has 0 radical (unpaired) electrons. The van der Waals surface area contributed by atoms with Crippen LogP contribution in [-0.2, 0) is 9.47 Å². The van der Waals surface area contributed by atoms with Gasteiger partial charge < -0.3 is 14.2 Å². The van der Waals surface area contributed by atoms with Crippen LogP contribution in [0.4, 0.5) is 9.59 Å². The maximum absolute atomic E-state index is 13.2. The molecular formula is C23H32N2O6. The fourth-order valence-corrected chi connectivity index (χ4v) is 3.09. The van der Waals surface area contributed by atoms with Gasteiger partial charge in [0, 0.05) is 5.56 Å². The number of amides is 2. The summed E-state index contributed by atoms with van der Waals surface area (Å²) in [4.78, 5) is 38.5. The van der Waals surface area contributed by atoms with Crippen molar-refractivity contribution >= 4 is 18.0 Å². The van der Waals surface area contributed by atoms with Crippen molar-refractivity contribution in [3.8, 4) is 5.75 Å². The van der Waals surface area contributed by atoms with E-state index in [1.54, 1.807) is 79.0 Å². The van der Waals surface area contributed by atoms with Crippen molar-refractivity contribution in [1.29, 1.82) is 0 Å². The van der Waals surface area contributed by atoms with Gasteiger partial charge in [-0.15, -0.1) is 0 Å². The molecular weight excluding hydrogens is 400 g/mol. The molecule has 0 heterocycles. The summed E-state index contributed by atoms with van der Waals surface area (Å²) in [6.07, 6.45) is 2.36. The summed E-state index contributed by atoms with van der Waals surface area (Å²) in [5.74, 6) is -0.200. The van der Waals surface area contributed by atoms with Gasteiger partial charge in [-0.3, -0.25) is 4.79 Å². The monoisotopic (exact) mass is 432 g/mol. The van der Waals surface area contributed by atoms with E-state index in [1.165, 1.54) is 0 Å². The molecule has 0 saturated carbocycles. The second kappa shape index (κ2) is 9.41. The van der Waals surface area contributed by atoms with E-state index < -0.39 is 35.3 Å². The Morgan fingerprint density at radius 2 is 1.55 bits per heavy atom. The third-order valence-electron chi connectivity index (χ3n) is 4.35. The van der Waals surface area contributed by atoms with E-state index >= 15 is 0 Å². The molecule has 1 aliphatic carbocycles. The van der Waals surface area contributed by atoms with Gasteiger partial charge in [0.05, 0.1) is 19.1 Å². The normalized spacial score (nSPS) is 18.3. The SMILES string of the molecule is COc1ccc(C(=O)[C@H]2C=CC[C@@H]2N(NC(=O)OC(C)(C)C)C(=O)OC(C)(C)C)cc1. The highest BCUT2D eigenvalue weighted by molar-refractivity contribution is 6.00. The molecule has 0 spiro atoms. The average Bonchev–Trinajstić information content (AvgIpc) is 3.12. The highest BCUT2D eigenvalue weighted by Crippen LogP contribution is 2.28. The number of nitrogens with zero attached hydrogens (tertiary/aromatic N) is 1. The Bertz CT molecular complexity index is 833. The van der Waals surface area contributed by atoms with Crippen LogP contribution in [0.3, 0.4) is 0 Å². The Hall–Kier alpha value is -3.03. The number of rotatable bonds is 4. The number of benzene rings is 1. The molecule has 1 aromatic rings. The van der Waals surface area contributed by atoms with E-state index in [1.807, 2.05) is 6.08 Å². The number of nitrogens with one attached hydrogen (secondary N) is 1. The second-order valence-electron chi connectivity index (χ2n) is 9.31. The van der Waals surface area contributed by atoms with Gasteiger partial charge >= 0.3 is 12.2 Å². The zero-order chi connectivity index (χ0) is 23.4. The molecule has 2 atom stereocenters. The number of carbonyl (C=O) groups excluding carboxylic acids is 3. The second-order valence-corrected chi connectivity index (χ2v) is 9.31. The quantitative estimate of drug-likeness (QED) is 0.428. The van der Waals surface area contributed by atoms with Crippen molar-refractivity contribution in [2.24, 2.45) is 5.92 Å². The van der Waals surface area contributed by atoms with Crippen molar-refractivity contribution in [3.63, 3.8) is 0 Å². The van der Waals surface area contributed by atoms with E-state index in [9.17, 15) is 14.4 Å². The standard InChI is InChI=1S/C23H32N2O6/c1-22(2,3)30-20(27)24-25(21(28)31-23(4,5)6)18-10-8-9-17(18)19(26)15-11-13-16(29-7)14-12-15/h8-9,11-14,17-18H,10H2,1-7H3,(H,24,27)/t17-,18-/m0/s1. The minimum absolute atomic E-state index is 0.180. The molecule has 0 aromatic heterocycles. The first-order valence-electron chi connectivity index (χ1n) is 10.2. The largest absolute Gasteiger partial charge is 0.497 e. The molecule has 2 amide bonds. The van der Waals surface area contributed by atoms with Gasteiger partial charge in [0.25, 0.3) is 0 Å². The maximum Gasteiger partial charge on any atom is 0.429 e. The Kier molecular flexibility index (Phi) is 7.36. The molecule has 1 N–H and O–H groups in total. The topological polar surface area (TPSA) is 94.2 Å². The van der Waals surface area contributed by atoms with Gasteiger partial charge in [-0.05, 0) is 72.2 Å². The molecule has 31 heavy (non-hydrogen) atoms. The van der Waals surface area contributed by atoms with Gasteiger partial charge in [-0.1, -0.05) is 12.2 Å². The first kappa shape index (κ1) is 24.2. The Labute approximate surface area is 183 Å². The van der Waals surface area contributed by atoms with Crippen LogP contribution in [0.15, 0.2) is 36.4 Å². The van der Waals surface area contributed by atoms with Crippen LogP contribution >= 0.6 is 0 Å². The van der Waals surface area contributed by atoms with Gasteiger partial charge in [0.15, 0.2) is 5.78 Å². The fourth-order valence-electron chi connectivity index (χ4n) is 3.09. The Morgan fingerprint density at radius 1 is 0.968 bits per heavy atom. The third-order valence-corrected chi connectivity index (χ3v) is 4.35. The molecule has 0 aliphatic heterocycles. The molecule has 1 aliphatic rings. The zero-order valence-electron chi connectivity index (χ0n) is 19.2. The van der Waals surface area contributed by atoms with Crippen LogP contribution < -0.4 is 10.2 Å². The molecule has 1 aromatic carbocycles. The van der Waals surface area contributed by atoms with Gasteiger partial charge in [0.2, 0.25) is 0 Å². The van der Waals surface area contributed by atoms with Gasteiger partial charge in [-0.25, -0.2) is 20.0 Å². The lowest BCUT2D eigenvalue weighted by atomic mass is 9.93. The number of ketones is 1. The number of carbonyl (C=O) groups is 3. The van der Waals surface area contributed by atoms with Crippen LogP contribution in [0.25, 0.3) is 0 Å². The van der Waals surface area contributed by atoms with Crippen molar-refractivity contribution in [2.75, 3.05) is 7.11 Å². The number of methoxy groups -OCH3 is 1. The fraction of sp³-hybridized carbons (Fsp3) is 0.522. The Balaban J connectivity index is 2.28. The number of hydrogen-bond donors (Lipinski definition) is 1. The van der Waals surface area contributed by atoms with E-state index in [0.717, 1.165) is 5.01 Å². The zero-order valence-corrected chi connectivity index (χ0v) is 19.2. The lowest BCUT2D eigenvalue weighted by molar-refractivity contribution is -0.0120. The lowest BCUT2D eigenvalue weighted by Crippen LogP contribution is -2.56. The molecule has 0 fully saturated rings. The minimum atomic E-state index is -0.805. The number of hydrazine groups is 1. The molecule has 2 rings (SSSR count). The summed E-state index contributed by atoms with van der Waals surface area (Å²) in [7, 11) is 1.55. The summed E-state index contributed by atoms with van der Waals surface area (Å²) < 4.78 is 15.9. The molecule has 8 heteroatoms. The van der Waals surface area contributed by atoms with Crippen molar-refractivity contribution in [3.05, 3.63) is 42.0 Å². The number of hydrogen-bond acceptors (Lipinski definition) is 6. The van der Waals surface area contributed by atoms with Crippen LogP contribution in [0.5, 0.6) is 5.75 Å². The van der Waals surface area contributed by atoms with Gasteiger partial charge in [-0.2, -0.15) is 0 Å². The van der Waals surface area contributed by atoms with E-state index in [4.69, 9.17) is 14.2 Å². The summed E-state index contributed by atoms with van der Waals surface area (Å²) in [6, 6.07) is 6.08. The summed E-state index contributed by atoms with van der Waals surface area (Å²) in [5.41, 5.74) is 1.41. The third kappa shape index (κ3) is 7.01. The predicted octanol–water partition coefficient (Wildman–Crippen LogP) is 4.50. The highest BCUT2D eigenvalue weighted by atomic mass is 16.6. The number of ether oxygens (including phenoxy) is 3. The summed E-state index contributed by atoms with van der Waals surface area (Å²) >= 11 is 0. The maximum atomic E-state index is 13.2. The predicted molar refractivity (Wildman–Crippen MR) is 116 cm³/mol. The molecule has 8 nitrogen and oxygen atoms in total. The first-order chi connectivity index (χ1) is 14.3. The van der Waals surface area contributed by atoms with Crippen molar-refractivity contribution < 1.29 is 28.6 Å². The van der Waals surface area contributed by atoms with E-state index in [2.05, 4.69) is 5.43 Å². The van der Waals surface area contributed by atoms with Crippen LogP contribution in [-0.4, -0.2) is 47.3 Å². The lowest BCUT2D eigenvalue weighted by Gasteiger charge is -2.34. The molecule has 170 valence electrons. The van der Waals surface area contributed by atoms with Crippen LogP contribution in [0, 0.1) is 5.92 Å². The minimum Gasteiger partial charge on any atom is -0.497 e. The molecule has 0 bridgehead atoms. The average molecular weight is 433 g/mol. The summed E-state index contributed by atoms with van der Waals surface area (Å²) in [6.45, 7) is 10.3. The number of Topliss-reactive ketones (excluding diaryl/α,β-unsaturated/α-hetero) is 1. The van der Waals surface area contributed by atoms with Crippen LogP contribution in [0.1, 0.15) is 58.3 Å². The molecule has 0 saturated heterocycles. The van der Waals surface area contributed by atoms with Crippen LogP contribution in [0.2, 0.25) is 0 Å². The van der Waals surface area contributed by atoms with E-state index in [-0.39, 0.29) is 5.78 Å². The first-order valence-corrected chi connectivity index (χ1v) is 10.2. The van der Waals surface area contributed by atoms with Crippen molar-refractivity contribution in [2.45, 2.75) is 65.2 Å². The molecule has 0 unspecified atom stereocenters. The van der Waals surface area contributed by atoms with Crippen molar-refractivity contribution in [1.82, 2.24) is 10.4 Å².